The molecule has 0 aliphatic carbocycles. The molecule has 5 rings (SSSR count). The predicted octanol–water partition coefficient (Wildman–Crippen LogP) is 3.67. The highest BCUT2D eigenvalue weighted by molar-refractivity contribution is 6.04. The van der Waals surface area contributed by atoms with E-state index in [1.807, 2.05) is 48.1 Å². The van der Waals surface area contributed by atoms with Gasteiger partial charge in [-0.3, -0.25) is 4.79 Å². The van der Waals surface area contributed by atoms with Crippen LogP contribution in [0.4, 0.5) is 11.6 Å². The van der Waals surface area contributed by atoms with Gasteiger partial charge in [-0.1, -0.05) is 6.07 Å². The maximum atomic E-state index is 12.8. The standard InChI is InChI=1S/C23H23N7O/c1-29-15-24-14-20(29)16-5-6-19-18(11-16)12-21(28-27-19)26-23(31)17-7-8-25-22(13-17)30-9-3-2-4-10-30/h5-8,11-15H,2-4,9-10H2,1H3,(H,26,28,31). The van der Waals surface area contributed by atoms with Crippen molar-refractivity contribution < 1.29 is 4.79 Å². The van der Waals surface area contributed by atoms with Gasteiger partial charge in [-0.2, -0.15) is 0 Å². The van der Waals surface area contributed by atoms with Gasteiger partial charge in [-0.25, -0.2) is 9.97 Å². The van der Waals surface area contributed by atoms with E-state index in [2.05, 4.69) is 30.4 Å². The fourth-order valence-electron chi connectivity index (χ4n) is 3.94. The van der Waals surface area contributed by atoms with E-state index in [9.17, 15) is 4.79 Å². The van der Waals surface area contributed by atoms with Gasteiger partial charge in [-0.15, -0.1) is 10.2 Å². The minimum Gasteiger partial charge on any atom is -0.357 e. The number of amides is 1. The van der Waals surface area contributed by atoms with Crippen molar-refractivity contribution in [2.75, 3.05) is 23.3 Å². The number of nitrogens with zero attached hydrogens (tertiary/aromatic N) is 6. The van der Waals surface area contributed by atoms with Crippen LogP contribution in [0.1, 0.15) is 29.6 Å². The van der Waals surface area contributed by atoms with Crippen LogP contribution < -0.4 is 10.2 Å². The molecule has 0 bridgehead atoms. The fourth-order valence-corrected chi connectivity index (χ4v) is 3.94. The third kappa shape index (κ3) is 3.96. The number of piperidine rings is 1. The topological polar surface area (TPSA) is 88.8 Å². The molecule has 0 unspecified atom stereocenters. The van der Waals surface area contributed by atoms with Crippen molar-refractivity contribution in [1.82, 2.24) is 24.7 Å². The summed E-state index contributed by atoms with van der Waals surface area (Å²) < 4.78 is 1.96. The van der Waals surface area contributed by atoms with E-state index in [0.717, 1.165) is 53.9 Å². The number of nitrogens with one attached hydrogen (secondary N) is 1. The number of carbonyl (C=O) groups is 1. The molecule has 156 valence electrons. The molecule has 1 amide bonds. The van der Waals surface area contributed by atoms with Gasteiger partial charge in [0.2, 0.25) is 0 Å². The Labute approximate surface area is 180 Å². The number of hydrogen-bond donors (Lipinski definition) is 1. The van der Waals surface area contributed by atoms with E-state index >= 15 is 0 Å². The zero-order chi connectivity index (χ0) is 21.2. The molecule has 0 radical (unpaired) electrons. The lowest BCUT2D eigenvalue weighted by atomic mass is 10.1. The Kier molecular flexibility index (Phi) is 5.03. The zero-order valence-corrected chi connectivity index (χ0v) is 17.3. The Hall–Kier alpha value is -3.81. The molecule has 0 atom stereocenters. The maximum Gasteiger partial charge on any atom is 0.257 e. The minimum absolute atomic E-state index is 0.225. The molecule has 8 nitrogen and oxygen atoms in total. The van der Waals surface area contributed by atoms with Crippen LogP contribution in [0.15, 0.2) is 55.1 Å². The van der Waals surface area contributed by atoms with Crippen LogP contribution in [-0.2, 0) is 7.05 Å². The average Bonchev–Trinajstić information content (AvgIpc) is 3.25. The SMILES string of the molecule is Cn1cncc1-c1ccc2nnc(NC(=O)c3ccnc(N4CCCCC4)c3)cc2c1. The Bertz CT molecular complexity index is 1240. The lowest BCUT2D eigenvalue weighted by Crippen LogP contribution is -2.30. The van der Waals surface area contributed by atoms with Crippen LogP contribution in [0.25, 0.3) is 22.2 Å². The second-order valence-corrected chi connectivity index (χ2v) is 7.80. The average molecular weight is 413 g/mol. The van der Waals surface area contributed by atoms with E-state index in [1.165, 1.54) is 6.42 Å². The lowest BCUT2D eigenvalue weighted by Gasteiger charge is -2.27. The molecule has 1 saturated heterocycles. The Morgan fingerprint density at radius 1 is 1.03 bits per heavy atom. The van der Waals surface area contributed by atoms with Gasteiger partial charge in [0.05, 0.1) is 23.7 Å². The number of aromatic nitrogens is 5. The summed E-state index contributed by atoms with van der Waals surface area (Å²) in [4.78, 5) is 23.7. The highest BCUT2D eigenvalue weighted by Crippen LogP contribution is 2.24. The molecule has 0 saturated carbocycles. The van der Waals surface area contributed by atoms with E-state index in [4.69, 9.17) is 0 Å². The van der Waals surface area contributed by atoms with Crippen molar-refractivity contribution >= 4 is 28.4 Å². The highest BCUT2D eigenvalue weighted by atomic mass is 16.1. The van der Waals surface area contributed by atoms with Crippen molar-refractivity contribution in [3.63, 3.8) is 0 Å². The second-order valence-electron chi connectivity index (χ2n) is 7.80. The number of anilines is 2. The largest absolute Gasteiger partial charge is 0.357 e. The van der Waals surface area contributed by atoms with Crippen LogP contribution in [0.3, 0.4) is 0 Å². The normalized spacial score (nSPS) is 14.0. The number of hydrogen-bond acceptors (Lipinski definition) is 6. The molecule has 31 heavy (non-hydrogen) atoms. The molecule has 1 N–H and O–H groups in total. The van der Waals surface area contributed by atoms with Crippen LogP contribution in [0.2, 0.25) is 0 Å². The number of aryl methyl sites for hydroxylation is 1. The van der Waals surface area contributed by atoms with Crippen molar-refractivity contribution in [3.05, 3.63) is 60.7 Å². The van der Waals surface area contributed by atoms with Crippen molar-refractivity contribution in [3.8, 4) is 11.3 Å². The monoisotopic (exact) mass is 413 g/mol. The molecular formula is C23H23N7O. The number of carbonyl (C=O) groups excluding carboxylic acids is 1. The first-order chi connectivity index (χ1) is 15.2. The molecule has 4 aromatic rings. The number of benzene rings is 1. The molecule has 1 fully saturated rings. The lowest BCUT2D eigenvalue weighted by molar-refractivity contribution is 0.102. The zero-order valence-electron chi connectivity index (χ0n) is 17.3. The predicted molar refractivity (Wildman–Crippen MR) is 120 cm³/mol. The first-order valence-corrected chi connectivity index (χ1v) is 10.4. The van der Waals surface area contributed by atoms with Crippen molar-refractivity contribution in [1.29, 1.82) is 0 Å². The molecule has 8 heteroatoms. The maximum absolute atomic E-state index is 12.8. The van der Waals surface area contributed by atoms with Crippen LogP contribution in [0, 0.1) is 0 Å². The Morgan fingerprint density at radius 3 is 2.71 bits per heavy atom. The fraction of sp³-hybridized carbons (Fsp3) is 0.261. The Balaban J connectivity index is 1.38. The van der Waals surface area contributed by atoms with Crippen molar-refractivity contribution in [2.24, 2.45) is 7.05 Å². The first kappa shape index (κ1) is 19.2. The first-order valence-electron chi connectivity index (χ1n) is 10.4. The summed E-state index contributed by atoms with van der Waals surface area (Å²) in [6.45, 7) is 1.96. The van der Waals surface area contributed by atoms with E-state index < -0.39 is 0 Å². The summed E-state index contributed by atoms with van der Waals surface area (Å²) in [6, 6.07) is 11.3. The summed E-state index contributed by atoms with van der Waals surface area (Å²) in [5.74, 6) is 1.03. The van der Waals surface area contributed by atoms with Crippen molar-refractivity contribution in [2.45, 2.75) is 19.3 Å². The number of imidazole rings is 1. The van der Waals surface area contributed by atoms with E-state index in [1.54, 1.807) is 18.6 Å². The minimum atomic E-state index is -0.225. The summed E-state index contributed by atoms with van der Waals surface area (Å²) in [5, 5.41) is 12.2. The molecule has 1 aromatic carbocycles. The molecular weight excluding hydrogens is 390 g/mol. The third-order valence-electron chi connectivity index (χ3n) is 5.63. The van der Waals surface area contributed by atoms with Crippen LogP contribution in [0.5, 0.6) is 0 Å². The van der Waals surface area contributed by atoms with Crippen LogP contribution in [-0.4, -0.2) is 43.7 Å². The second kappa shape index (κ2) is 8.14. The summed E-state index contributed by atoms with van der Waals surface area (Å²) in [7, 11) is 1.95. The van der Waals surface area contributed by atoms with Gasteiger partial charge in [0.1, 0.15) is 5.82 Å². The van der Waals surface area contributed by atoms with Gasteiger partial charge in [0.15, 0.2) is 5.82 Å². The highest BCUT2D eigenvalue weighted by Gasteiger charge is 2.15. The number of fused-ring (bicyclic) bond motifs is 1. The van der Waals surface area contributed by atoms with Crippen LogP contribution >= 0.6 is 0 Å². The quantitative estimate of drug-likeness (QED) is 0.549. The van der Waals surface area contributed by atoms with Gasteiger partial charge >= 0.3 is 0 Å². The van der Waals surface area contributed by atoms with Gasteiger partial charge < -0.3 is 14.8 Å². The van der Waals surface area contributed by atoms with Gasteiger partial charge in [0, 0.05) is 42.8 Å². The number of rotatable bonds is 4. The molecule has 1 aliphatic heterocycles. The third-order valence-corrected chi connectivity index (χ3v) is 5.63. The van der Waals surface area contributed by atoms with E-state index in [-0.39, 0.29) is 5.91 Å². The molecule has 0 spiro atoms. The van der Waals surface area contributed by atoms with Gasteiger partial charge in [-0.05, 0) is 49.6 Å². The summed E-state index contributed by atoms with van der Waals surface area (Å²) in [6.07, 6.45) is 8.84. The molecule has 1 aliphatic rings. The van der Waals surface area contributed by atoms with E-state index in [0.29, 0.717) is 11.4 Å². The summed E-state index contributed by atoms with van der Waals surface area (Å²) >= 11 is 0. The smallest absolute Gasteiger partial charge is 0.257 e. The van der Waals surface area contributed by atoms with Gasteiger partial charge in [0.25, 0.3) is 5.91 Å². The summed E-state index contributed by atoms with van der Waals surface area (Å²) in [5.41, 5.74) is 3.35. The molecule has 4 heterocycles. The number of pyridine rings is 1. The molecule has 3 aromatic heterocycles. The Morgan fingerprint density at radius 2 is 1.90 bits per heavy atom.